The largest absolute Gasteiger partial charge is 0.327 e. The number of aromatic nitrogens is 2. The van der Waals surface area contributed by atoms with E-state index < -0.39 is 0 Å². The van der Waals surface area contributed by atoms with Crippen molar-refractivity contribution in [2.45, 2.75) is 44.6 Å². The van der Waals surface area contributed by atoms with Crippen molar-refractivity contribution in [2.24, 2.45) is 5.73 Å². The Morgan fingerprint density at radius 3 is 2.85 bits per heavy atom. The van der Waals surface area contributed by atoms with Crippen LogP contribution in [0, 0.1) is 0 Å². The second-order valence-electron chi connectivity index (χ2n) is 5.61. The zero-order valence-electron chi connectivity index (χ0n) is 11.7. The van der Waals surface area contributed by atoms with Crippen molar-refractivity contribution >= 4 is 15.9 Å². The molecule has 0 spiro atoms. The van der Waals surface area contributed by atoms with Gasteiger partial charge in [0.05, 0.1) is 11.4 Å². The van der Waals surface area contributed by atoms with Crippen LogP contribution < -0.4 is 5.73 Å². The molecule has 4 heteroatoms. The maximum Gasteiger partial charge on any atom is 0.0659 e. The van der Waals surface area contributed by atoms with Crippen molar-refractivity contribution in [3.8, 4) is 5.69 Å². The van der Waals surface area contributed by atoms with Crippen LogP contribution in [0.5, 0.6) is 0 Å². The van der Waals surface area contributed by atoms with Crippen molar-refractivity contribution in [1.82, 2.24) is 9.78 Å². The highest BCUT2D eigenvalue weighted by molar-refractivity contribution is 9.10. The van der Waals surface area contributed by atoms with Crippen LogP contribution in [0.25, 0.3) is 5.69 Å². The van der Waals surface area contributed by atoms with Crippen molar-refractivity contribution in [2.75, 3.05) is 0 Å². The first-order valence-electron chi connectivity index (χ1n) is 7.27. The number of nitrogens with two attached hydrogens (primary N) is 1. The molecule has 0 aliphatic heterocycles. The zero-order chi connectivity index (χ0) is 14.1. The molecule has 1 heterocycles. The summed E-state index contributed by atoms with van der Waals surface area (Å²) < 4.78 is 3.07. The molecule has 1 fully saturated rings. The van der Waals surface area contributed by atoms with Gasteiger partial charge in [-0.05, 0) is 49.4 Å². The summed E-state index contributed by atoms with van der Waals surface area (Å²) in [4.78, 5) is 0. The lowest BCUT2D eigenvalue weighted by atomic mass is 10.0. The summed E-state index contributed by atoms with van der Waals surface area (Å²) in [7, 11) is 0. The molecular weight excluding hydrogens is 314 g/mol. The van der Waals surface area contributed by atoms with Gasteiger partial charge in [0, 0.05) is 22.6 Å². The maximum absolute atomic E-state index is 6.03. The van der Waals surface area contributed by atoms with Crippen LogP contribution in [0.15, 0.2) is 34.9 Å². The van der Waals surface area contributed by atoms with E-state index >= 15 is 0 Å². The van der Waals surface area contributed by atoms with Gasteiger partial charge < -0.3 is 5.73 Å². The minimum atomic E-state index is 0.225. The molecule has 2 N–H and O–H groups in total. The highest BCUT2D eigenvalue weighted by Crippen LogP contribution is 2.39. The molecular formula is C16H20BrN3. The van der Waals surface area contributed by atoms with Gasteiger partial charge in [0.1, 0.15) is 0 Å². The molecule has 106 valence electrons. The maximum atomic E-state index is 6.03. The Morgan fingerprint density at radius 1 is 1.40 bits per heavy atom. The van der Waals surface area contributed by atoms with E-state index in [0.29, 0.717) is 5.92 Å². The molecule has 1 saturated carbocycles. The van der Waals surface area contributed by atoms with Gasteiger partial charge in [0.15, 0.2) is 0 Å². The molecule has 1 aromatic heterocycles. The summed E-state index contributed by atoms with van der Waals surface area (Å²) >= 11 is 3.65. The highest BCUT2D eigenvalue weighted by Gasteiger charge is 2.25. The van der Waals surface area contributed by atoms with Gasteiger partial charge in [0.25, 0.3) is 0 Å². The standard InChI is InChI=1S/C16H20BrN3/c1-2-13(18)9-12-5-6-14(10-15(12)17)20-8-7-16(19-20)11-3-4-11/h5-8,10-11,13H,2-4,9,18H2,1H3. The summed E-state index contributed by atoms with van der Waals surface area (Å²) in [5.74, 6) is 0.696. The minimum Gasteiger partial charge on any atom is -0.327 e. The average molecular weight is 334 g/mol. The van der Waals surface area contributed by atoms with Gasteiger partial charge in [0.2, 0.25) is 0 Å². The summed E-state index contributed by atoms with van der Waals surface area (Å²) in [6.45, 7) is 2.12. The number of halogens is 1. The van der Waals surface area contributed by atoms with Crippen LogP contribution in [0.1, 0.15) is 43.4 Å². The van der Waals surface area contributed by atoms with Gasteiger partial charge in [-0.2, -0.15) is 5.10 Å². The van der Waals surface area contributed by atoms with Crippen LogP contribution in [-0.2, 0) is 6.42 Å². The highest BCUT2D eigenvalue weighted by atomic mass is 79.9. The third-order valence-electron chi connectivity index (χ3n) is 3.91. The molecule has 1 aliphatic rings. The average Bonchev–Trinajstić information content (AvgIpc) is 3.18. The second-order valence-corrected chi connectivity index (χ2v) is 6.46. The predicted molar refractivity (Wildman–Crippen MR) is 85.2 cm³/mol. The van der Waals surface area contributed by atoms with Crippen LogP contribution in [0.2, 0.25) is 0 Å². The van der Waals surface area contributed by atoms with Gasteiger partial charge in [-0.25, -0.2) is 4.68 Å². The van der Waals surface area contributed by atoms with E-state index in [1.54, 1.807) is 0 Å². The summed E-state index contributed by atoms with van der Waals surface area (Å²) in [6.07, 6.45) is 6.53. The van der Waals surface area contributed by atoms with Crippen molar-refractivity contribution in [1.29, 1.82) is 0 Å². The lowest BCUT2D eigenvalue weighted by Gasteiger charge is -2.11. The molecule has 3 rings (SSSR count). The molecule has 1 aliphatic carbocycles. The first kappa shape index (κ1) is 13.8. The quantitative estimate of drug-likeness (QED) is 0.904. The second kappa shape index (κ2) is 5.70. The first-order chi connectivity index (χ1) is 9.67. The van der Waals surface area contributed by atoms with Crippen LogP contribution >= 0.6 is 15.9 Å². The molecule has 0 saturated heterocycles. The first-order valence-corrected chi connectivity index (χ1v) is 8.06. The minimum absolute atomic E-state index is 0.225. The van der Waals surface area contributed by atoms with E-state index in [4.69, 9.17) is 5.73 Å². The molecule has 3 nitrogen and oxygen atoms in total. The Labute approximate surface area is 128 Å². The van der Waals surface area contributed by atoms with E-state index in [1.807, 2.05) is 10.9 Å². The Kier molecular flexibility index (Phi) is 3.94. The van der Waals surface area contributed by atoms with Crippen molar-refractivity contribution < 1.29 is 0 Å². The van der Waals surface area contributed by atoms with E-state index in [0.717, 1.165) is 23.0 Å². The van der Waals surface area contributed by atoms with Crippen molar-refractivity contribution in [3.05, 3.63) is 46.2 Å². The van der Waals surface area contributed by atoms with Gasteiger partial charge in [-0.3, -0.25) is 0 Å². The monoisotopic (exact) mass is 333 g/mol. The van der Waals surface area contributed by atoms with E-state index in [2.05, 4.69) is 52.2 Å². The Balaban J connectivity index is 1.81. The zero-order valence-corrected chi connectivity index (χ0v) is 13.3. The Bertz CT molecular complexity index is 602. The lowest BCUT2D eigenvalue weighted by molar-refractivity contribution is 0.645. The molecule has 0 bridgehead atoms. The molecule has 2 aromatic rings. The van der Waals surface area contributed by atoms with Crippen LogP contribution in [0.3, 0.4) is 0 Å². The number of hydrogen-bond acceptors (Lipinski definition) is 2. The predicted octanol–water partition coefficient (Wildman–Crippen LogP) is 3.79. The Morgan fingerprint density at radius 2 is 2.20 bits per heavy atom. The summed E-state index contributed by atoms with van der Waals surface area (Å²) in [5.41, 5.74) is 9.61. The summed E-state index contributed by atoms with van der Waals surface area (Å²) in [5, 5.41) is 4.66. The SMILES string of the molecule is CCC(N)Cc1ccc(-n2ccc(C3CC3)n2)cc1Br. The number of benzene rings is 1. The molecule has 1 aromatic carbocycles. The van der Waals surface area contributed by atoms with Crippen LogP contribution in [-0.4, -0.2) is 15.8 Å². The number of rotatable bonds is 5. The fourth-order valence-electron chi connectivity index (χ4n) is 2.35. The molecule has 20 heavy (non-hydrogen) atoms. The summed E-state index contributed by atoms with van der Waals surface area (Å²) in [6, 6.07) is 8.75. The van der Waals surface area contributed by atoms with E-state index in [1.165, 1.54) is 24.1 Å². The Hall–Kier alpha value is -1.13. The molecule has 1 atom stereocenters. The third kappa shape index (κ3) is 2.96. The third-order valence-corrected chi connectivity index (χ3v) is 4.65. The molecule has 0 amide bonds. The fraction of sp³-hybridized carbons (Fsp3) is 0.438. The number of nitrogens with zero attached hydrogens (tertiary/aromatic N) is 2. The van der Waals surface area contributed by atoms with Crippen molar-refractivity contribution in [3.63, 3.8) is 0 Å². The number of hydrogen-bond donors (Lipinski definition) is 1. The fourth-order valence-corrected chi connectivity index (χ4v) is 2.88. The smallest absolute Gasteiger partial charge is 0.0659 e. The molecule has 1 unspecified atom stereocenters. The topological polar surface area (TPSA) is 43.8 Å². The van der Waals surface area contributed by atoms with Gasteiger partial charge in [-0.1, -0.05) is 28.9 Å². The van der Waals surface area contributed by atoms with Crippen LogP contribution in [0.4, 0.5) is 0 Å². The normalized spacial score (nSPS) is 16.4. The molecule has 0 radical (unpaired) electrons. The van der Waals surface area contributed by atoms with Gasteiger partial charge >= 0.3 is 0 Å². The lowest BCUT2D eigenvalue weighted by Crippen LogP contribution is -2.21. The van der Waals surface area contributed by atoms with E-state index in [-0.39, 0.29) is 6.04 Å². The van der Waals surface area contributed by atoms with E-state index in [9.17, 15) is 0 Å². The van der Waals surface area contributed by atoms with Gasteiger partial charge in [-0.15, -0.1) is 0 Å².